The van der Waals surface area contributed by atoms with Crippen LogP contribution in [0.15, 0.2) is 60.8 Å². The lowest BCUT2D eigenvalue weighted by Crippen LogP contribution is -2.57. The summed E-state index contributed by atoms with van der Waals surface area (Å²) in [5.74, 6) is -2.05. The monoisotopic (exact) mass is 643 g/mol. The number of nitrogens with zero attached hydrogens (tertiary/aromatic N) is 2. The van der Waals surface area contributed by atoms with Crippen LogP contribution in [0.25, 0.3) is 16.8 Å². The van der Waals surface area contributed by atoms with Crippen molar-refractivity contribution < 1.29 is 33.4 Å². The molecule has 0 unspecified atom stereocenters. The maximum absolute atomic E-state index is 14.2. The predicted molar refractivity (Wildman–Crippen MR) is 175 cm³/mol. The number of nitrogens with two attached hydrogens (primary N) is 1. The van der Waals surface area contributed by atoms with Crippen molar-refractivity contribution in [2.45, 2.75) is 76.1 Å². The van der Waals surface area contributed by atoms with Gasteiger partial charge in [-0.2, -0.15) is 0 Å². The van der Waals surface area contributed by atoms with Crippen LogP contribution in [0.3, 0.4) is 0 Å². The summed E-state index contributed by atoms with van der Waals surface area (Å²) < 4.78 is 11.8. The molecule has 1 saturated carbocycles. The van der Waals surface area contributed by atoms with Gasteiger partial charge in [0.15, 0.2) is 5.78 Å². The van der Waals surface area contributed by atoms with Gasteiger partial charge in [-0.05, 0) is 68.7 Å². The molecule has 248 valence electrons. The van der Waals surface area contributed by atoms with E-state index in [-0.39, 0.29) is 44.1 Å². The van der Waals surface area contributed by atoms with E-state index in [0.29, 0.717) is 25.1 Å². The first-order valence-corrected chi connectivity index (χ1v) is 15.9. The Labute approximate surface area is 273 Å². The number of aromatic nitrogens is 1. The molecule has 1 aliphatic carbocycles. The molecule has 1 aromatic carbocycles. The Morgan fingerprint density at radius 3 is 2.77 bits per heavy atom. The second-order valence-electron chi connectivity index (χ2n) is 12.6. The Balaban J connectivity index is 1.49. The number of nitrogens with one attached hydrogen (secondary N) is 2. The number of allylic oxidation sites excluding steroid dienone is 3. The second kappa shape index (κ2) is 14.2. The SMILES string of the molecule is C=C[C@@H]1C[C@]1(NC(=O)[C@@H]1C[C@@H]2CN1C(=O)[C@H](CCC(=O)C=C(C)C)NC(=O)OCCC/C=C/c1ccc3ccnc(c3c1)O2)C(N)=O. The predicted octanol–water partition coefficient (Wildman–Crippen LogP) is 3.35. The van der Waals surface area contributed by atoms with Crippen molar-refractivity contribution in [3.8, 4) is 5.88 Å². The molecule has 5 rings (SSSR count). The number of ether oxygens (including phenoxy) is 2. The van der Waals surface area contributed by atoms with Crippen LogP contribution < -0.4 is 21.1 Å². The Morgan fingerprint density at radius 2 is 2.04 bits per heavy atom. The van der Waals surface area contributed by atoms with Crippen LogP contribution in [-0.4, -0.2) is 76.4 Å². The van der Waals surface area contributed by atoms with Gasteiger partial charge in [-0.15, -0.1) is 6.58 Å². The number of alkyl carbamates (subject to hydrolysis) is 1. The average Bonchev–Trinajstić information content (AvgIpc) is 3.59. The van der Waals surface area contributed by atoms with Gasteiger partial charge in [0.1, 0.15) is 23.7 Å². The molecule has 3 aliphatic rings. The smallest absolute Gasteiger partial charge is 0.407 e. The van der Waals surface area contributed by atoms with E-state index in [1.165, 1.54) is 11.0 Å². The van der Waals surface area contributed by atoms with Crippen molar-refractivity contribution in [3.63, 3.8) is 0 Å². The summed E-state index contributed by atoms with van der Waals surface area (Å²) in [6.45, 7) is 7.42. The number of pyridine rings is 1. The second-order valence-corrected chi connectivity index (χ2v) is 12.6. The number of carbonyl (C=O) groups is 5. The third kappa shape index (κ3) is 7.70. The summed E-state index contributed by atoms with van der Waals surface area (Å²) in [6, 6.07) is 5.54. The van der Waals surface area contributed by atoms with Gasteiger partial charge < -0.3 is 30.7 Å². The molecule has 12 heteroatoms. The number of hydrogen-bond donors (Lipinski definition) is 3. The maximum atomic E-state index is 14.2. The number of primary amides is 1. The first-order chi connectivity index (χ1) is 22.5. The minimum atomic E-state index is -1.29. The molecule has 3 heterocycles. The number of fused-ring (bicyclic) bond motifs is 3. The van der Waals surface area contributed by atoms with Crippen LogP contribution in [0.5, 0.6) is 5.88 Å². The molecule has 0 radical (unpaired) electrons. The Kier molecular flexibility index (Phi) is 10.1. The van der Waals surface area contributed by atoms with E-state index in [2.05, 4.69) is 22.2 Å². The molecule has 4 N–H and O–H groups in total. The van der Waals surface area contributed by atoms with Crippen LogP contribution in [0.4, 0.5) is 4.79 Å². The molecule has 2 fully saturated rings. The topological polar surface area (TPSA) is 170 Å². The fourth-order valence-corrected chi connectivity index (χ4v) is 6.16. The molecule has 1 saturated heterocycles. The largest absolute Gasteiger partial charge is 0.472 e. The lowest BCUT2D eigenvalue weighted by Gasteiger charge is -2.29. The molecule has 4 amide bonds. The molecule has 1 aromatic heterocycles. The van der Waals surface area contributed by atoms with Gasteiger partial charge in [-0.3, -0.25) is 19.2 Å². The van der Waals surface area contributed by atoms with E-state index in [4.69, 9.17) is 15.2 Å². The Hall–Kier alpha value is -5.00. The number of rotatable bonds is 8. The summed E-state index contributed by atoms with van der Waals surface area (Å²) in [7, 11) is 0. The molecule has 4 bridgehead atoms. The van der Waals surface area contributed by atoms with Crippen molar-refractivity contribution in [2.24, 2.45) is 11.7 Å². The molecule has 2 aliphatic heterocycles. The van der Waals surface area contributed by atoms with Gasteiger partial charge in [-0.1, -0.05) is 35.9 Å². The first kappa shape index (κ1) is 33.4. The average molecular weight is 644 g/mol. The summed E-state index contributed by atoms with van der Waals surface area (Å²) >= 11 is 0. The number of amides is 4. The van der Waals surface area contributed by atoms with E-state index in [1.54, 1.807) is 26.1 Å². The highest BCUT2D eigenvalue weighted by Crippen LogP contribution is 2.44. The first-order valence-electron chi connectivity index (χ1n) is 15.9. The van der Waals surface area contributed by atoms with Crippen LogP contribution in [0.1, 0.15) is 57.9 Å². The molecule has 12 nitrogen and oxygen atoms in total. The fraction of sp³-hybridized carbons (Fsp3) is 0.429. The van der Waals surface area contributed by atoms with E-state index in [9.17, 15) is 24.0 Å². The third-order valence-corrected chi connectivity index (χ3v) is 8.74. The highest BCUT2D eigenvalue weighted by molar-refractivity contribution is 5.98. The van der Waals surface area contributed by atoms with Crippen molar-refractivity contribution >= 4 is 46.4 Å². The van der Waals surface area contributed by atoms with Gasteiger partial charge in [-0.25, -0.2) is 9.78 Å². The number of benzene rings is 1. The molecule has 2 aromatic rings. The van der Waals surface area contributed by atoms with Gasteiger partial charge >= 0.3 is 6.09 Å². The summed E-state index contributed by atoms with van der Waals surface area (Å²) in [4.78, 5) is 71.7. The van der Waals surface area contributed by atoms with E-state index >= 15 is 0 Å². The fourth-order valence-electron chi connectivity index (χ4n) is 6.16. The van der Waals surface area contributed by atoms with Crippen molar-refractivity contribution in [2.75, 3.05) is 13.2 Å². The van der Waals surface area contributed by atoms with Gasteiger partial charge in [0.2, 0.25) is 23.6 Å². The molecular weight excluding hydrogens is 602 g/mol. The summed E-state index contributed by atoms with van der Waals surface area (Å²) in [5.41, 5.74) is 6.12. The number of cyclic esters (lactones) is 1. The highest BCUT2D eigenvalue weighted by Gasteiger charge is 2.60. The van der Waals surface area contributed by atoms with Gasteiger partial charge in [0.25, 0.3) is 0 Å². The minimum Gasteiger partial charge on any atom is -0.472 e. The normalized spacial score (nSPS) is 26.6. The molecular formula is C35H41N5O7. The molecule has 47 heavy (non-hydrogen) atoms. The van der Waals surface area contributed by atoms with E-state index in [1.807, 2.05) is 36.4 Å². The van der Waals surface area contributed by atoms with Gasteiger partial charge in [0, 0.05) is 30.3 Å². The standard InChI is InChI=1S/C35H41N5O7/c1-4-24-19-35(24,33(36)44)39-30(42)29-18-26-20-40(29)32(43)28(12-11-25(41)16-21(2)3)38-34(45)46-15-7-5-6-8-22-9-10-23-13-14-37-31(47-26)27(23)17-22/h4,6,8-10,13-14,16-17,24,26,28-29H,1,5,7,11-12,15,18-20H2,2-3H3,(H2,36,44)(H,38,45)(H,39,42)/b8-6+/t24-,26-,28+,29+,35-/m1/s1. The highest BCUT2D eigenvalue weighted by atomic mass is 16.5. The van der Waals surface area contributed by atoms with E-state index < -0.39 is 47.5 Å². The summed E-state index contributed by atoms with van der Waals surface area (Å²) in [6.07, 6.45) is 8.70. The lowest BCUT2D eigenvalue weighted by molar-refractivity contribution is -0.141. The zero-order valence-electron chi connectivity index (χ0n) is 26.7. The number of carbonyl (C=O) groups excluding carboxylic acids is 5. The summed E-state index contributed by atoms with van der Waals surface area (Å²) in [5, 5.41) is 7.08. The van der Waals surface area contributed by atoms with Crippen molar-refractivity contribution in [1.29, 1.82) is 0 Å². The number of ketones is 1. The van der Waals surface area contributed by atoms with E-state index in [0.717, 1.165) is 21.9 Å². The zero-order valence-corrected chi connectivity index (χ0v) is 26.7. The quantitative estimate of drug-likeness (QED) is 0.291. The maximum Gasteiger partial charge on any atom is 0.407 e. The third-order valence-electron chi connectivity index (χ3n) is 8.74. The lowest BCUT2D eigenvalue weighted by atomic mass is 10.1. The van der Waals surface area contributed by atoms with Crippen LogP contribution in [0, 0.1) is 5.92 Å². The number of hydrogen-bond acceptors (Lipinski definition) is 8. The van der Waals surface area contributed by atoms with Crippen LogP contribution in [0.2, 0.25) is 0 Å². The molecule has 0 spiro atoms. The van der Waals surface area contributed by atoms with Gasteiger partial charge in [0.05, 0.1) is 13.2 Å². The Bertz CT molecular complexity index is 1650. The van der Waals surface area contributed by atoms with Crippen LogP contribution >= 0.6 is 0 Å². The molecule has 5 atom stereocenters. The minimum absolute atomic E-state index is 0.0157. The van der Waals surface area contributed by atoms with Crippen molar-refractivity contribution in [3.05, 3.63) is 66.4 Å². The zero-order chi connectivity index (χ0) is 33.7. The van der Waals surface area contributed by atoms with Crippen LogP contribution in [-0.2, 0) is 23.9 Å². The van der Waals surface area contributed by atoms with Crippen molar-refractivity contribution in [1.82, 2.24) is 20.5 Å². The Morgan fingerprint density at radius 1 is 1.23 bits per heavy atom.